The molecule has 55 heavy (non-hydrogen) atoms. The van der Waals surface area contributed by atoms with Crippen molar-refractivity contribution in [1.29, 1.82) is 0 Å². The van der Waals surface area contributed by atoms with Gasteiger partial charge in [-0.3, -0.25) is 53.2 Å². The van der Waals surface area contributed by atoms with E-state index in [1.165, 1.54) is 4.90 Å². The van der Waals surface area contributed by atoms with Crippen molar-refractivity contribution in [2.45, 2.75) is 76.3 Å². The van der Waals surface area contributed by atoms with Crippen LogP contribution in [0.25, 0.3) is 0 Å². The van der Waals surface area contributed by atoms with E-state index < -0.39 is 49.0 Å². The first-order valence-corrected chi connectivity index (χ1v) is 19.1. The number of carboxylic acid groups (broad SMARTS) is 4. The van der Waals surface area contributed by atoms with Gasteiger partial charge in [0.1, 0.15) is 12.1 Å². The second-order valence-corrected chi connectivity index (χ2v) is 14.8. The van der Waals surface area contributed by atoms with Gasteiger partial charge in [-0.2, -0.15) is 0 Å². The van der Waals surface area contributed by atoms with E-state index in [1.807, 2.05) is 0 Å². The van der Waals surface area contributed by atoms with E-state index >= 15 is 0 Å². The van der Waals surface area contributed by atoms with Gasteiger partial charge in [0.2, 0.25) is 17.7 Å². The second kappa shape index (κ2) is 22.6. The lowest BCUT2D eigenvalue weighted by atomic mass is 9.77. The number of hydrogen-bond donors (Lipinski definition) is 8. The number of amides is 3. The molecule has 20 nitrogen and oxygen atoms in total. The third-order valence-electron chi connectivity index (χ3n) is 10.8. The summed E-state index contributed by atoms with van der Waals surface area (Å²) in [4.78, 5) is 93.7. The number of carboxylic acids is 4. The van der Waals surface area contributed by atoms with Crippen LogP contribution in [0.3, 0.4) is 0 Å². The highest BCUT2D eigenvalue weighted by Gasteiger charge is 2.39. The third-order valence-corrected chi connectivity index (χ3v) is 10.8. The minimum Gasteiger partial charge on any atom is -0.480 e. The molecule has 21 heteroatoms. The average molecular weight is 784 g/mol. The smallest absolute Gasteiger partial charge is 0.475 e. The first kappa shape index (κ1) is 45.5. The van der Waals surface area contributed by atoms with Gasteiger partial charge in [0.05, 0.1) is 25.6 Å². The molecule has 310 valence electrons. The minimum atomic E-state index is -1.64. The molecule has 0 aromatic carbocycles. The summed E-state index contributed by atoms with van der Waals surface area (Å²) in [6, 6.07) is -1.94. The maximum absolute atomic E-state index is 13.0. The summed E-state index contributed by atoms with van der Waals surface area (Å²) in [6.45, 7) is 2.61. The summed E-state index contributed by atoms with van der Waals surface area (Å²) in [5.41, 5.74) is 0. The van der Waals surface area contributed by atoms with Crippen LogP contribution in [0.2, 0.25) is 0 Å². The molecule has 3 aliphatic rings. The predicted molar refractivity (Wildman–Crippen MR) is 195 cm³/mol. The Balaban J connectivity index is 1.52. The first-order valence-electron chi connectivity index (χ1n) is 19.1. The summed E-state index contributed by atoms with van der Waals surface area (Å²) in [7, 11) is -1.64. The topological polar surface area (TPSA) is 281 Å². The predicted octanol–water partition coefficient (Wildman–Crippen LogP) is -2.87. The maximum Gasteiger partial charge on any atom is 0.475 e. The Morgan fingerprint density at radius 3 is 1.64 bits per heavy atom. The Morgan fingerprint density at radius 2 is 1.18 bits per heavy atom. The summed E-state index contributed by atoms with van der Waals surface area (Å²) in [6.07, 6.45) is 3.40. The molecule has 1 aliphatic carbocycles. The molecule has 8 N–H and O–H groups in total. The number of nitrogens with zero attached hydrogens (tertiary/aromatic N) is 5. The molecule has 2 heterocycles. The Labute approximate surface area is 320 Å². The number of hydrogen-bond acceptors (Lipinski definition) is 13. The Bertz CT molecular complexity index is 1300. The summed E-state index contributed by atoms with van der Waals surface area (Å²) in [5.74, 6) is -6.31. The van der Waals surface area contributed by atoms with Crippen molar-refractivity contribution in [3.05, 3.63) is 0 Å². The van der Waals surface area contributed by atoms with Gasteiger partial charge in [0.15, 0.2) is 0 Å². The third kappa shape index (κ3) is 15.6. The van der Waals surface area contributed by atoms with Gasteiger partial charge in [-0.15, -0.1) is 0 Å². The molecule has 3 rings (SSSR count). The number of likely N-dealkylation sites (tertiary alicyclic amines) is 1. The lowest BCUT2D eigenvalue weighted by Crippen LogP contribution is -2.53. The van der Waals surface area contributed by atoms with Crippen molar-refractivity contribution in [3.8, 4) is 0 Å². The van der Waals surface area contributed by atoms with Gasteiger partial charge in [-0.25, -0.2) is 0 Å². The van der Waals surface area contributed by atoms with Crippen LogP contribution in [0.15, 0.2) is 0 Å². The molecule has 3 atom stereocenters. The number of carbonyl (C=O) groups is 7. The number of rotatable bonds is 17. The highest BCUT2D eigenvalue weighted by Crippen LogP contribution is 2.29. The molecule has 0 bridgehead atoms. The SMILES string of the molecule is C[C@@H](NC(=O)C1CCC(CNC(=O)CC[C@H](C(=O)O)N2CCN(CC(=O)O)CCN(CC(=O)O)CCN(CC(=O)O)CC2)CC1)C(=O)N1CCC[C@H]1B(O)O. The molecule has 3 amide bonds. The van der Waals surface area contributed by atoms with E-state index in [0.29, 0.717) is 51.6 Å². The van der Waals surface area contributed by atoms with Gasteiger partial charge in [0, 0.05) is 77.8 Å². The van der Waals surface area contributed by atoms with Gasteiger partial charge in [-0.05, 0) is 57.8 Å². The minimum absolute atomic E-state index is 0.0509. The van der Waals surface area contributed by atoms with E-state index in [2.05, 4.69) is 10.6 Å². The van der Waals surface area contributed by atoms with E-state index in [0.717, 1.165) is 0 Å². The number of carbonyl (C=O) groups excluding carboxylic acids is 3. The summed E-state index contributed by atoms with van der Waals surface area (Å²) >= 11 is 0. The highest BCUT2D eigenvalue weighted by atomic mass is 16.4. The molecular formula is C34H58BN7O13. The maximum atomic E-state index is 13.0. The highest BCUT2D eigenvalue weighted by molar-refractivity contribution is 6.43. The quantitative estimate of drug-likeness (QED) is 0.0688. The van der Waals surface area contributed by atoms with E-state index in [1.54, 1.807) is 26.5 Å². The first-order chi connectivity index (χ1) is 26.0. The van der Waals surface area contributed by atoms with Crippen molar-refractivity contribution < 1.29 is 64.0 Å². The molecule has 0 unspecified atom stereocenters. The Hall–Kier alpha value is -3.89. The molecule has 0 aromatic heterocycles. The number of aliphatic carboxylic acids is 4. The van der Waals surface area contributed by atoms with Crippen LogP contribution < -0.4 is 10.6 Å². The molecule has 2 saturated heterocycles. The lowest BCUT2D eigenvalue weighted by molar-refractivity contribution is -0.145. The lowest BCUT2D eigenvalue weighted by Gasteiger charge is -2.35. The summed E-state index contributed by atoms with van der Waals surface area (Å²) in [5, 5.41) is 63.3. The standard InChI is InChI=1S/C34H58BN7O13/c1-23(33(51)42-10-2-3-27(42)35(54)55)37-32(50)25-6-4-24(5-7-25)19-36-28(43)9-8-26(34(52)53)41-17-15-39(21-30(46)47)13-11-38(20-29(44)45)12-14-40(16-18-41)22-31(48)49/h23-27,54-55H,2-22H2,1H3,(H,36,43)(H,37,50)(H,44,45)(H,46,47)(H,48,49)(H,52,53)/t23-,24?,25?,26-,27+/m1/s1. The van der Waals surface area contributed by atoms with Crippen LogP contribution in [0.1, 0.15) is 58.3 Å². The fourth-order valence-corrected chi connectivity index (χ4v) is 7.64. The zero-order valence-electron chi connectivity index (χ0n) is 31.6. The van der Waals surface area contributed by atoms with Crippen LogP contribution in [0.5, 0.6) is 0 Å². The van der Waals surface area contributed by atoms with Crippen LogP contribution in [-0.4, -0.2) is 207 Å². The van der Waals surface area contributed by atoms with Gasteiger partial charge >= 0.3 is 31.0 Å². The van der Waals surface area contributed by atoms with Crippen molar-refractivity contribution in [2.24, 2.45) is 11.8 Å². The van der Waals surface area contributed by atoms with Crippen molar-refractivity contribution in [2.75, 3.05) is 85.1 Å². The van der Waals surface area contributed by atoms with Crippen molar-refractivity contribution in [1.82, 2.24) is 35.1 Å². The molecule has 0 radical (unpaired) electrons. The fourth-order valence-electron chi connectivity index (χ4n) is 7.64. The van der Waals surface area contributed by atoms with Crippen molar-refractivity contribution >= 4 is 48.7 Å². The van der Waals surface area contributed by atoms with Crippen molar-refractivity contribution in [3.63, 3.8) is 0 Å². The summed E-state index contributed by atoms with van der Waals surface area (Å²) < 4.78 is 0. The molecule has 1 saturated carbocycles. The molecule has 0 aromatic rings. The normalized spacial score (nSPS) is 23.8. The Kier molecular flexibility index (Phi) is 18.7. The molecule has 2 aliphatic heterocycles. The van der Waals surface area contributed by atoms with Gasteiger partial charge < -0.3 is 46.0 Å². The molecular weight excluding hydrogens is 725 g/mol. The zero-order chi connectivity index (χ0) is 40.7. The van der Waals surface area contributed by atoms with Gasteiger partial charge in [0.25, 0.3) is 0 Å². The second-order valence-electron chi connectivity index (χ2n) is 14.8. The van der Waals surface area contributed by atoms with E-state index in [-0.39, 0.29) is 114 Å². The van der Waals surface area contributed by atoms with Gasteiger partial charge in [-0.1, -0.05) is 0 Å². The van der Waals surface area contributed by atoms with Crippen LogP contribution in [-0.2, 0) is 33.6 Å². The largest absolute Gasteiger partial charge is 0.480 e. The molecule has 3 fully saturated rings. The monoisotopic (exact) mass is 783 g/mol. The van der Waals surface area contributed by atoms with Crippen LogP contribution in [0, 0.1) is 11.8 Å². The Morgan fingerprint density at radius 1 is 0.691 bits per heavy atom. The van der Waals surface area contributed by atoms with Crippen LogP contribution in [0.4, 0.5) is 0 Å². The fraction of sp³-hybridized carbons (Fsp3) is 0.794. The average Bonchev–Trinajstić information content (AvgIpc) is 3.61. The number of nitrogens with one attached hydrogen (secondary N) is 2. The molecule has 0 spiro atoms. The van der Waals surface area contributed by atoms with E-state index in [4.69, 9.17) is 0 Å². The zero-order valence-corrected chi connectivity index (χ0v) is 31.6. The van der Waals surface area contributed by atoms with E-state index in [9.17, 15) is 64.0 Å². The van der Waals surface area contributed by atoms with Crippen LogP contribution >= 0.6 is 0 Å².